The number of ether oxygens (including phenoxy) is 1. The van der Waals surface area contributed by atoms with Gasteiger partial charge in [0.15, 0.2) is 5.75 Å². The first-order valence-corrected chi connectivity index (χ1v) is 8.26. The van der Waals surface area contributed by atoms with Crippen molar-refractivity contribution in [3.63, 3.8) is 0 Å². The van der Waals surface area contributed by atoms with Gasteiger partial charge in [-0.15, -0.1) is 11.3 Å². The van der Waals surface area contributed by atoms with E-state index in [1.807, 2.05) is 17.5 Å². The van der Waals surface area contributed by atoms with Gasteiger partial charge in [-0.05, 0) is 17.5 Å². The summed E-state index contributed by atoms with van der Waals surface area (Å²) in [5.74, 6) is -0.571. The van der Waals surface area contributed by atoms with Crippen molar-refractivity contribution in [2.24, 2.45) is 5.10 Å². The molecule has 130 valence electrons. The Morgan fingerprint density at radius 2 is 2.28 bits per heavy atom. The van der Waals surface area contributed by atoms with Crippen LogP contribution >= 0.6 is 11.3 Å². The molecule has 9 heteroatoms. The topological polar surface area (TPSA) is 105 Å². The van der Waals surface area contributed by atoms with Crippen molar-refractivity contribution < 1.29 is 19.6 Å². The number of phenols is 1. The van der Waals surface area contributed by atoms with Crippen LogP contribution in [0.4, 0.5) is 5.69 Å². The molecule has 1 amide bonds. The quantitative estimate of drug-likeness (QED) is 0.665. The van der Waals surface area contributed by atoms with Gasteiger partial charge in [0.1, 0.15) is 5.75 Å². The molecule has 1 aromatic heterocycles. The van der Waals surface area contributed by atoms with Gasteiger partial charge >= 0.3 is 5.69 Å². The van der Waals surface area contributed by atoms with Gasteiger partial charge in [-0.3, -0.25) is 14.9 Å². The lowest BCUT2D eigenvalue weighted by atomic mass is 9.99. The van der Waals surface area contributed by atoms with E-state index in [-0.39, 0.29) is 17.2 Å². The number of hydrogen-bond acceptors (Lipinski definition) is 7. The second-order valence-electron chi connectivity index (χ2n) is 5.45. The lowest BCUT2D eigenvalue weighted by molar-refractivity contribution is -0.386. The zero-order valence-corrected chi connectivity index (χ0v) is 14.3. The number of aromatic hydroxyl groups is 1. The number of nitro groups is 1. The number of nitrogens with zero attached hydrogens (tertiary/aromatic N) is 3. The van der Waals surface area contributed by atoms with E-state index in [2.05, 4.69) is 5.10 Å². The average Bonchev–Trinajstić information content (AvgIpc) is 3.24. The summed E-state index contributed by atoms with van der Waals surface area (Å²) < 4.78 is 5.10. The second-order valence-corrected chi connectivity index (χ2v) is 6.40. The van der Waals surface area contributed by atoms with Crippen LogP contribution < -0.4 is 4.74 Å². The van der Waals surface area contributed by atoms with Gasteiger partial charge in [0.25, 0.3) is 0 Å². The molecule has 0 saturated carbocycles. The molecule has 1 N–H and O–H groups in total. The average molecular weight is 361 g/mol. The van der Waals surface area contributed by atoms with Crippen LogP contribution in [0.2, 0.25) is 0 Å². The van der Waals surface area contributed by atoms with Crippen molar-refractivity contribution in [3.8, 4) is 11.5 Å². The van der Waals surface area contributed by atoms with Crippen molar-refractivity contribution in [1.82, 2.24) is 5.01 Å². The number of carbonyl (C=O) groups is 1. The number of hydrazone groups is 1. The first-order chi connectivity index (χ1) is 11.9. The third-order valence-corrected chi connectivity index (χ3v) is 4.84. The van der Waals surface area contributed by atoms with Crippen LogP contribution in [0.5, 0.6) is 11.5 Å². The van der Waals surface area contributed by atoms with Crippen LogP contribution in [0.25, 0.3) is 0 Å². The third kappa shape index (κ3) is 3.05. The highest BCUT2D eigenvalue weighted by Crippen LogP contribution is 2.43. The molecule has 25 heavy (non-hydrogen) atoms. The molecule has 0 fully saturated rings. The van der Waals surface area contributed by atoms with Crippen molar-refractivity contribution in [2.75, 3.05) is 7.11 Å². The third-order valence-electron chi connectivity index (χ3n) is 3.92. The van der Waals surface area contributed by atoms with Gasteiger partial charge in [-0.1, -0.05) is 6.07 Å². The number of carbonyl (C=O) groups excluding carboxylic acids is 1. The number of phenolic OH excluding ortho intramolecular Hbond substituents is 1. The highest BCUT2D eigenvalue weighted by Gasteiger charge is 2.36. The maximum atomic E-state index is 12.0. The molecule has 1 aliphatic heterocycles. The Kier molecular flexibility index (Phi) is 4.41. The molecule has 0 saturated heterocycles. The molecule has 0 bridgehead atoms. The standard InChI is InChI=1S/C16H15N3O5S/c1-9(20)18-13(8-12(17-18)15-4-3-5-25-15)11-6-10(24-2)7-14(16(11)21)19(22)23/h3-7,13,21H,8H2,1-2H3/t13-/m0/s1. The predicted molar refractivity (Wildman–Crippen MR) is 92.0 cm³/mol. The van der Waals surface area contributed by atoms with Crippen LogP contribution in [-0.2, 0) is 4.79 Å². The Morgan fingerprint density at radius 1 is 1.52 bits per heavy atom. The molecule has 2 aromatic rings. The zero-order valence-electron chi connectivity index (χ0n) is 13.5. The van der Waals surface area contributed by atoms with Crippen molar-refractivity contribution >= 4 is 28.6 Å². The fourth-order valence-electron chi connectivity index (χ4n) is 2.76. The number of methoxy groups -OCH3 is 1. The summed E-state index contributed by atoms with van der Waals surface area (Å²) in [5.41, 5.74) is 0.457. The maximum absolute atomic E-state index is 12.0. The minimum absolute atomic E-state index is 0.229. The summed E-state index contributed by atoms with van der Waals surface area (Å²) in [6.45, 7) is 1.36. The first kappa shape index (κ1) is 16.9. The van der Waals surface area contributed by atoms with Gasteiger partial charge < -0.3 is 9.84 Å². The molecule has 1 aromatic carbocycles. The van der Waals surface area contributed by atoms with E-state index in [1.54, 1.807) is 0 Å². The molecule has 8 nitrogen and oxygen atoms in total. The predicted octanol–water partition coefficient (Wildman–Crippen LogP) is 3.07. The SMILES string of the molecule is COc1cc([C@@H]2CC(c3cccs3)=NN2C(C)=O)c(O)c([N+](=O)[O-])c1. The molecule has 1 atom stereocenters. The van der Waals surface area contributed by atoms with Crippen LogP contribution in [0.1, 0.15) is 29.8 Å². The Balaban J connectivity index is 2.08. The van der Waals surface area contributed by atoms with E-state index < -0.39 is 22.4 Å². The molecule has 0 spiro atoms. The van der Waals surface area contributed by atoms with E-state index in [0.717, 1.165) is 10.9 Å². The number of benzene rings is 1. The Labute approximate surface area is 147 Å². The first-order valence-electron chi connectivity index (χ1n) is 7.38. The number of amides is 1. The summed E-state index contributed by atoms with van der Waals surface area (Å²) >= 11 is 1.49. The van der Waals surface area contributed by atoms with Gasteiger partial charge in [-0.2, -0.15) is 5.10 Å². The lowest BCUT2D eigenvalue weighted by Crippen LogP contribution is -2.24. The number of nitro benzene ring substituents is 1. The molecule has 3 rings (SSSR count). The second kappa shape index (κ2) is 6.52. The minimum Gasteiger partial charge on any atom is -0.502 e. The van der Waals surface area contributed by atoms with Gasteiger partial charge in [0.05, 0.1) is 34.7 Å². The van der Waals surface area contributed by atoms with Crippen molar-refractivity contribution in [3.05, 3.63) is 50.2 Å². The molecule has 2 heterocycles. The van der Waals surface area contributed by atoms with E-state index in [0.29, 0.717) is 12.1 Å². The van der Waals surface area contributed by atoms with E-state index in [4.69, 9.17) is 4.74 Å². The Hall–Kier alpha value is -2.94. The van der Waals surface area contributed by atoms with E-state index in [9.17, 15) is 20.0 Å². The summed E-state index contributed by atoms with van der Waals surface area (Å²) in [6, 6.07) is 5.77. The summed E-state index contributed by atoms with van der Waals surface area (Å²) in [4.78, 5) is 23.4. The van der Waals surface area contributed by atoms with Crippen LogP contribution in [0.3, 0.4) is 0 Å². The van der Waals surface area contributed by atoms with Crippen molar-refractivity contribution in [2.45, 2.75) is 19.4 Å². The number of thiophene rings is 1. The maximum Gasteiger partial charge on any atom is 0.314 e. The van der Waals surface area contributed by atoms with Crippen LogP contribution in [0.15, 0.2) is 34.7 Å². The Bertz CT molecular complexity index is 863. The van der Waals surface area contributed by atoms with Crippen LogP contribution in [0, 0.1) is 10.1 Å². The van der Waals surface area contributed by atoms with Crippen LogP contribution in [-0.4, -0.2) is 33.8 Å². The smallest absolute Gasteiger partial charge is 0.314 e. The van der Waals surface area contributed by atoms with Gasteiger partial charge in [0, 0.05) is 18.9 Å². The molecular weight excluding hydrogens is 346 g/mol. The molecule has 0 radical (unpaired) electrons. The summed E-state index contributed by atoms with van der Waals surface area (Å²) in [6.07, 6.45) is 0.345. The van der Waals surface area contributed by atoms with E-state index in [1.165, 1.54) is 36.4 Å². The molecule has 1 aliphatic rings. The van der Waals surface area contributed by atoms with Crippen molar-refractivity contribution in [1.29, 1.82) is 0 Å². The summed E-state index contributed by atoms with van der Waals surface area (Å²) in [7, 11) is 1.38. The minimum atomic E-state index is -0.685. The highest BCUT2D eigenvalue weighted by molar-refractivity contribution is 7.12. The van der Waals surface area contributed by atoms with Gasteiger partial charge in [0.2, 0.25) is 5.91 Å². The normalized spacial score (nSPS) is 16.6. The zero-order chi connectivity index (χ0) is 18.1. The lowest BCUT2D eigenvalue weighted by Gasteiger charge is -2.21. The molecular formula is C16H15N3O5S. The Morgan fingerprint density at radius 3 is 2.84 bits per heavy atom. The summed E-state index contributed by atoms with van der Waals surface area (Å²) in [5, 5.41) is 29.1. The monoisotopic (exact) mass is 361 g/mol. The largest absolute Gasteiger partial charge is 0.502 e. The molecule has 0 aliphatic carbocycles. The molecule has 0 unspecified atom stereocenters. The number of rotatable bonds is 4. The van der Waals surface area contributed by atoms with Gasteiger partial charge in [-0.25, -0.2) is 5.01 Å². The fourth-order valence-corrected chi connectivity index (χ4v) is 3.48. The van der Waals surface area contributed by atoms with E-state index >= 15 is 0 Å². The fraction of sp³-hybridized carbons (Fsp3) is 0.250. The number of hydrogen-bond donors (Lipinski definition) is 1. The highest BCUT2D eigenvalue weighted by atomic mass is 32.1.